The Kier molecular flexibility index (Phi) is 8.33. The number of carbonyl (C=O) groups excluding carboxylic acids is 3. The van der Waals surface area contributed by atoms with Crippen molar-refractivity contribution in [1.82, 2.24) is 15.1 Å². The minimum atomic E-state index is -1.16. The Balaban J connectivity index is 1.43. The van der Waals surface area contributed by atoms with Crippen molar-refractivity contribution in [3.8, 4) is 0 Å². The smallest absolute Gasteiger partial charge is 0.246 e. The largest absolute Gasteiger partial charge is 0.359 e. The van der Waals surface area contributed by atoms with Gasteiger partial charge < -0.3 is 25.2 Å². The number of ether oxygens (including phenoxy) is 1. The number of likely N-dealkylation sites (tertiary alicyclic amines) is 1. The van der Waals surface area contributed by atoms with Gasteiger partial charge >= 0.3 is 0 Å². The van der Waals surface area contributed by atoms with E-state index in [2.05, 4.69) is 43.2 Å². The van der Waals surface area contributed by atoms with Crippen LogP contribution in [0, 0.1) is 30.6 Å². The maximum Gasteiger partial charge on any atom is 0.246 e. The quantitative estimate of drug-likeness (QED) is 0.438. The Morgan fingerprint density at radius 3 is 2.62 bits per heavy atom. The lowest BCUT2D eigenvalue weighted by molar-refractivity contribution is -0.141. The molecule has 3 aliphatic heterocycles. The average molecular weight is 571 g/mol. The molecule has 2 N–H and O–H groups in total. The number of benzene rings is 1. The van der Waals surface area contributed by atoms with Crippen LogP contribution in [0.4, 0.5) is 5.69 Å². The van der Waals surface area contributed by atoms with Crippen LogP contribution in [0.3, 0.4) is 0 Å². The van der Waals surface area contributed by atoms with Crippen molar-refractivity contribution in [2.24, 2.45) is 23.7 Å². The fourth-order valence-corrected chi connectivity index (χ4v) is 7.42. The average Bonchev–Trinajstić information content (AvgIpc) is 3.57. The molecule has 8 atom stereocenters. The van der Waals surface area contributed by atoms with Crippen molar-refractivity contribution in [1.29, 1.82) is 0 Å². The summed E-state index contributed by atoms with van der Waals surface area (Å²) in [6, 6.07) is 4.59. The Hall–Kier alpha value is -2.42. The van der Waals surface area contributed by atoms with E-state index in [1.54, 1.807) is 17.0 Å². The lowest BCUT2D eigenvalue weighted by Crippen LogP contribution is -2.58. The van der Waals surface area contributed by atoms with Crippen LogP contribution < -0.4 is 10.6 Å². The Morgan fingerprint density at radius 1 is 1.18 bits per heavy atom. The van der Waals surface area contributed by atoms with Crippen LogP contribution in [-0.2, 0) is 19.1 Å². The van der Waals surface area contributed by atoms with E-state index in [0.717, 1.165) is 37.9 Å². The molecule has 1 spiro atoms. The maximum absolute atomic E-state index is 14.2. The molecule has 218 valence electrons. The van der Waals surface area contributed by atoms with Gasteiger partial charge in [-0.3, -0.25) is 14.4 Å². The van der Waals surface area contributed by atoms with E-state index in [0.29, 0.717) is 35.6 Å². The fraction of sp³-hybridized carbons (Fsp3) is 0.645. The van der Waals surface area contributed by atoms with Gasteiger partial charge in [-0.1, -0.05) is 70.4 Å². The van der Waals surface area contributed by atoms with Crippen LogP contribution in [0.5, 0.6) is 0 Å². The fourth-order valence-electron chi connectivity index (χ4n) is 7.24. The van der Waals surface area contributed by atoms with E-state index < -0.39 is 29.6 Å². The van der Waals surface area contributed by atoms with Crippen molar-refractivity contribution in [2.45, 2.75) is 77.7 Å². The lowest BCUT2D eigenvalue weighted by Gasteiger charge is -2.38. The summed E-state index contributed by atoms with van der Waals surface area (Å²) < 4.78 is 6.49. The number of fused-ring (bicyclic) bond motifs is 1. The minimum absolute atomic E-state index is 0.0550. The third-order valence-corrected chi connectivity index (χ3v) is 10.4. The zero-order valence-electron chi connectivity index (χ0n) is 24.3. The normalized spacial score (nSPS) is 34.4. The summed E-state index contributed by atoms with van der Waals surface area (Å²) in [6.07, 6.45) is 6.33. The van der Waals surface area contributed by atoms with Crippen LogP contribution in [0.2, 0.25) is 5.02 Å². The highest BCUT2D eigenvalue weighted by molar-refractivity contribution is 6.31. The first kappa shape index (κ1) is 29.1. The molecule has 5 rings (SSSR count). The monoisotopic (exact) mass is 570 g/mol. The molecule has 8 unspecified atom stereocenters. The molecule has 4 aliphatic rings. The number of amides is 3. The summed E-state index contributed by atoms with van der Waals surface area (Å²) in [6.45, 7) is 13.3. The van der Waals surface area contributed by atoms with Gasteiger partial charge in [0, 0.05) is 29.8 Å². The molecule has 1 aromatic carbocycles. The number of nitrogens with zero attached hydrogens (tertiary/aromatic N) is 2. The molecule has 2 saturated heterocycles. The summed E-state index contributed by atoms with van der Waals surface area (Å²) >= 11 is 6.29. The van der Waals surface area contributed by atoms with Crippen LogP contribution >= 0.6 is 11.6 Å². The van der Waals surface area contributed by atoms with E-state index in [-0.39, 0.29) is 23.8 Å². The Bertz CT molecular complexity index is 1190. The molecule has 3 heterocycles. The van der Waals surface area contributed by atoms with Gasteiger partial charge in [-0.2, -0.15) is 0 Å². The van der Waals surface area contributed by atoms with Crippen LogP contribution in [0.15, 0.2) is 30.4 Å². The predicted octanol–water partition coefficient (Wildman–Crippen LogP) is 4.02. The molecule has 0 radical (unpaired) electrons. The molecular weight excluding hydrogens is 528 g/mol. The number of nitrogens with one attached hydrogen (secondary N) is 2. The highest BCUT2D eigenvalue weighted by Gasteiger charge is 2.72. The molecule has 1 aromatic rings. The molecule has 1 saturated carbocycles. The van der Waals surface area contributed by atoms with Crippen molar-refractivity contribution in [2.75, 3.05) is 31.5 Å². The van der Waals surface area contributed by atoms with Gasteiger partial charge in [-0.05, 0) is 56.0 Å². The lowest BCUT2D eigenvalue weighted by atomic mass is 9.73. The highest BCUT2D eigenvalue weighted by Crippen LogP contribution is 2.55. The summed E-state index contributed by atoms with van der Waals surface area (Å²) in [4.78, 5) is 45.9. The standard InChI is InChI=1S/C31H43ClN4O4/c1-6-35(7-2)15-16-36-27(29(38)34-23-10-8-9-18(3)20(23)5)31-14-13-24(40-31)25(26(31)30(36)39)28(37)33-21-12-11-19(4)22(32)17-21/h11-14,17-18,20,23-27H,6-10,15-16H2,1-5H3,(H,33,37)(H,34,38). The second kappa shape index (κ2) is 11.5. The van der Waals surface area contributed by atoms with Gasteiger partial charge in [0.2, 0.25) is 17.7 Å². The molecule has 0 aromatic heterocycles. The molecule has 9 heteroatoms. The summed E-state index contributed by atoms with van der Waals surface area (Å²) in [5.41, 5.74) is 0.320. The van der Waals surface area contributed by atoms with Crippen molar-refractivity contribution in [3.05, 3.63) is 40.9 Å². The molecule has 1 aliphatic carbocycles. The first-order valence-corrected chi connectivity index (χ1v) is 15.3. The van der Waals surface area contributed by atoms with E-state index in [1.165, 1.54) is 0 Å². The summed E-state index contributed by atoms with van der Waals surface area (Å²) in [7, 11) is 0. The highest BCUT2D eigenvalue weighted by atomic mass is 35.5. The first-order valence-electron chi connectivity index (χ1n) is 14.9. The number of carbonyl (C=O) groups is 3. The molecule has 8 nitrogen and oxygen atoms in total. The number of aryl methyl sites for hydroxylation is 1. The van der Waals surface area contributed by atoms with Gasteiger partial charge in [0.25, 0.3) is 0 Å². The SMILES string of the molecule is CCN(CC)CCN1C(=O)C2C(C(=O)Nc3ccc(C)c(Cl)c3)C3C=CC2(O3)C1C(=O)NC1CCCC(C)C1C. The van der Waals surface area contributed by atoms with Gasteiger partial charge in [0.05, 0.1) is 17.9 Å². The summed E-state index contributed by atoms with van der Waals surface area (Å²) in [5.74, 6) is -1.30. The van der Waals surface area contributed by atoms with Crippen molar-refractivity contribution < 1.29 is 19.1 Å². The van der Waals surface area contributed by atoms with Crippen molar-refractivity contribution >= 4 is 35.0 Å². The van der Waals surface area contributed by atoms with Gasteiger partial charge in [-0.25, -0.2) is 0 Å². The maximum atomic E-state index is 14.2. The number of hydrogen-bond donors (Lipinski definition) is 2. The molecular formula is C31H43ClN4O4. The molecule has 40 heavy (non-hydrogen) atoms. The number of anilines is 1. The topological polar surface area (TPSA) is 91.0 Å². The van der Waals surface area contributed by atoms with Crippen LogP contribution in [0.25, 0.3) is 0 Å². The predicted molar refractivity (Wildman–Crippen MR) is 156 cm³/mol. The van der Waals surface area contributed by atoms with Gasteiger partial charge in [0.1, 0.15) is 11.6 Å². The zero-order valence-corrected chi connectivity index (χ0v) is 25.0. The van der Waals surface area contributed by atoms with E-state index in [4.69, 9.17) is 16.3 Å². The number of hydrogen-bond acceptors (Lipinski definition) is 5. The van der Waals surface area contributed by atoms with Gasteiger partial charge in [-0.15, -0.1) is 0 Å². The zero-order chi connectivity index (χ0) is 28.8. The van der Waals surface area contributed by atoms with Crippen molar-refractivity contribution in [3.63, 3.8) is 0 Å². The number of rotatable bonds is 9. The number of likely N-dealkylation sites (N-methyl/N-ethyl adjacent to an activating group) is 1. The van der Waals surface area contributed by atoms with E-state index in [9.17, 15) is 14.4 Å². The molecule has 3 amide bonds. The second-order valence-corrected chi connectivity index (χ2v) is 12.5. The van der Waals surface area contributed by atoms with Crippen LogP contribution in [-0.4, -0.2) is 77.5 Å². The third kappa shape index (κ3) is 4.96. The van der Waals surface area contributed by atoms with Crippen LogP contribution in [0.1, 0.15) is 52.5 Å². The number of halogens is 1. The molecule has 2 bridgehead atoms. The molecule has 3 fully saturated rings. The Morgan fingerprint density at radius 2 is 1.93 bits per heavy atom. The van der Waals surface area contributed by atoms with E-state index >= 15 is 0 Å². The summed E-state index contributed by atoms with van der Waals surface area (Å²) in [5, 5.41) is 6.83. The second-order valence-electron chi connectivity index (χ2n) is 12.1. The minimum Gasteiger partial charge on any atom is -0.359 e. The first-order chi connectivity index (χ1) is 19.1. The van der Waals surface area contributed by atoms with Gasteiger partial charge in [0.15, 0.2) is 0 Å². The Labute approximate surface area is 242 Å². The third-order valence-electron chi connectivity index (χ3n) is 9.95. The van der Waals surface area contributed by atoms with E-state index in [1.807, 2.05) is 25.1 Å².